The zero-order chi connectivity index (χ0) is 13.4. The Hall–Kier alpha value is -1.10. The van der Waals surface area contributed by atoms with Gasteiger partial charge in [-0.2, -0.15) is 0 Å². The second kappa shape index (κ2) is 4.29. The van der Waals surface area contributed by atoms with Gasteiger partial charge in [0, 0.05) is 0 Å². The fraction of sp³-hybridized carbons (Fsp3) is 0.833. The Morgan fingerprint density at radius 2 is 1.76 bits per heavy atom. The van der Waals surface area contributed by atoms with Gasteiger partial charge >= 0.3 is 5.97 Å². The number of hydrogen-bond donors (Lipinski definition) is 3. The highest BCUT2D eigenvalue weighted by Gasteiger charge is 2.46. The number of hydrogen-bond acceptors (Lipinski definition) is 3. The smallest absolute Gasteiger partial charge is 0.326 e. The molecule has 1 rings (SSSR count). The first-order valence-corrected chi connectivity index (χ1v) is 5.89. The minimum absolute atomic E-state index is 0.178. The van der Waals surface area contributed by atoms with Crippen molar-refractivity contribution in [3.05, 3.63) is 0 Å². The van der Waals surface area contributed by atoms with Crippen LogP contribution in [-0.2, 0) is 9.59 Å². The number of carbonyl (C=O) groups is 2. The fourth-order valence-electron chi connectivity index (χ4n) is 1.80. The van der Waals surface area contributed by atoms with Gasteiger partial charge in [-0.3, -0.25) is 4.79 Å². The third-order valence-corrected chi connectivity index (χ3v) is 3.30. The van der Waals surface area contributed by atoms with Gasteiger partial charge in [-0.1, -0.05) is 20.8 Å². The van der Waals surface area contributed by atoms with Gasteiger partial charge in [-0.25, -0.2) is 4.79 Å². The van der Waals surface area contributed by atoms with Crippen LogP contribution in [0.1, 0.15) is 40.5 Å². The predicted molar refractivity (Wildman–Crippen MR) is 64.3 cm³/mol. The standard InChI is InChI=1S/C12H22N2O3/c1-11(2,3)8(9(15)16)14-10(17)12(4,13)7-5-6-7/h7-8H,5-6,13H2,1-4H3,(H,14,17)(H,15,16)/t8-,12?/m0/s1. The Morgan fingerprint density at radius 3 is 2.06 bits per heavy atom. The largest absolute Gasteiger partial charge is 0.480 e. The van der Waals surface area contributed by atoms with E-state index < -0.39 is 23.0 Å². The maximum absolute atomic E-state index is 12.0. The normalized spacial score (nSPS) is 21.5. The van der Waals surface area contributed by atoms with Gasteiger partial charge in [0.15, 0.2) is 0 Å². The molecular weight excluding hydrogens is 220 g/mol. The third-order valence-electron chi connectivity index (χ3n) is 3.30. The van der Waals surface area contributed by atoms with Gasteiger partial charge in [0.25, 0.3) is 0 Å². The first-order valence-electron chi connectivity index (χ1n) is 5.89. The average Bonchev–Trinajstić information content (AvgIpc) is 2.93. The molecule has 0 spiro atoms. The molecule has 0 aliphatic heterocycles. The predicted octanol–water partition coefficient (Wildman–Crippen LogP) is 0.729. The highest BCUT2D eigenvalue weighted by molar-refractivity contribution is 5.90. The van der Waals surface area contributed by atoms with Crippen molar-refractivity contribution in [1.29, 1.82) is 0 Å². The van der Waals surface area contributed by atoms with Gasteiger partial charge in [0.2, 0.25) is 5.91 Å². The molecule has 1 amide bonds. The molecule has 0 aromatic heterocycles. The van der Waals surface area contributed by atoms with Crippen LogP contribution >= 0.6 is 0 Å². The topological polar surface area (TPSA) is 92.4 Å². The minimum Gasteiger partial charge on any atom is -0.480 e. The first kappa shape index (κ1) is 14.0. The number of carbonyl (C=O) groups excluding carboxylic acids is 1. The number of carboxylic acid groups (broad SMARTS) is 1. The van der Waals surface area contributed by atoms with E-state index in [1.54, 1.807) is 27.7 Å². The summed E-state index contributed by atoms with van der Waals surface area (Å²) in [5.74, 6) is -1.23. The lowest BCUT2D eigenvalue weighted by molar-refractivity contribution is -0.145. The van der Waals surface area contributed by atoms with E-state index in [0.717, 1.165) is 12.8 Å². The van der Waals surface area contributed by atoms with Crippen LogP contribution in [0.3, 0.4) is 0 Å². The second-order valence-electron chi connectivity index (χ2n) is 6.17. The number of amides is 1. The molecule has 0 heterocycles. The Balaban J connectivity index is 2.74. The molecule has 0 aromatic rings. The molecule has 1 unspecified atom stereocenters. The zero-order valence-corrected chi connectivity index (χ0v) is 10.9. The first-order chi connectivity index (χ1) is 7.56. The lowest BCUT2D eigenvalue weighted by atomic mass is 9.85. The highest BCUT2D eigenvalue weighted by Crippen LogP contribution is 2.38. The molecule has 0 saturated heterocycles. The van der Waals surface area contributed by atoms with E-state index in [2.05, 4.69) is 5.32 Å². The van der Waals surface area contributed by atoms with Crippen molar-refractivity contribution in [2.24, 2.45) is 17.1 Å². The van der Waals surface area contributed by atoms with Crippen LogP contribution in [0.4, 0.5) is 0 Å². The highest BCUT2D eigenvalue weighted by atomic mass is 16.4. The number of nitrogens with one attached hydrogen (secondary N) is 1. The van der Waals surface area contributed by atoms with Crippen LogP contribution in [0.2, 0.25) is 0 Å². The van der Waals surface area contributed by atoms with E-state index in [9.17, 15) is 9.59 Å². The van der Waals surface area contributed by atoms with Crippen LogP contribution in [0.25, 0.3) is 0 Å². The molecule has 4 N–H and O–H groups in total. The monoisotopic (exact) mass is 242 g/mol. The Labute approximate surface area is 102 Å². The molecule has 0 aromatic carbocycles. The van der Waals surface area contributed by atoms with Crippen molar-refractivity contribution < 1.29 is 14.7 Å². The summed E-state index contributed by atoms with van der Waals surface area (Å²) in [6.07, 6.45) is 1.88. The van der Waals surface area contributed by atoms with Crippen LogP contribution in [-0.4, -0.2) is 28.6 Å². The zero-order valence-electron chi connectivity index (χ0n) is 10.9. The van der Waals surface area contributed by atoms with E-state index in [0.29, 0.717) is 0 Å². The second-order valence-corrected chi connectivity index (χ2v) is 6.17. The van der Waals surface area contributed by atoms with Crippen molar-refractivity contribution >= 4 is 11.9 Å². The summed E-state index contributed by atoms with van der Waals surface area (Å²) in [6, 6.07) is -0.920. The molecular formula is C12H22N2O3. The summed E-state index contributed by atoms with van der Waals surface area (Å²) in [7, 11) is 0. The van der Waals surface area contributed by atoms with Gasteiger partial charge in [0.05, 0.1) is 5.54 Å². The van der Waals surface area contributed by atoms with E-state index in [-0.39, 0.29) is 11.8 Å². The van der Waals surface area contributed by atoms with Crippen LogP contribution in [0, 0.1) is 11.3 Å². The van der Waals surface area contributed by atoms with Crippen LogP contribution in [0.5, 0.6) is 0 Å². The van der Waals surface area contributed by atoms with Gasteiger partial charge in [-0.05, 0) is 31.1 Å². The summed E-state index contributed by atoms with van der Waals surface area (Å²) >= 11 is 0. The molecule has 2 atom stereocenters. The lowest BCUT2D eigenvalue weighted by Gasteiger charge is -2.31. The molecule has 1 aliphatic rings. The number of rotatable bonds is 4. The van der Waals surface area contributed by atoms with Crippen LogP contribution in [0.15, 0.2) is 0 Å². The molecule has 5 heteroatoms. The summed E-state index contributed by atoms with van der Waals surface area (Å²) < 4.78 is 0. The van der Waals surface area contributed by atoms with Crippen LogP contribution < -0.4 is 11.1 Å². The van der Waals surface area contributed by atoms with Gasteiger partial charge in [-0.15, -0.1) is 0 Å². The average molecular weight is 242 g/mol. The van der Waals surface area contributed by atoms with Crippen molar-refractivity contribution in [2.75, 3.05) is 0 Å². The molecule has 5 nitrogen and oxygen atoms in total. The van der Waals surface area contributed by atoms with Crippen molar-refractivity contribution in [1.82, 2.24) is 5.32 Å². The van der Waals surface area contributed by atoms with E-state index >= 15 is 0 Å². The van der Waals surface area contributed by atoms with Gasteiger partial charge in [0.1, 0.15) is 6.04 Å². The summed E-state index contributed by atoms with van der Waals surface area (Å²) in [5, 5.41) is 11.7. The molecule has 1 fully saturated rings. The molecule has 1 saturated carbocycles. The fourth-order valence-corrected chi connectivity index (χ4v) is 1.80. The van der Waals surface area contributed by atoms with E-state index in [1.165, 1.54) is 0 Å². The van der Waals surface area contributed by atoms with E-state index in [4.69, 9.17) is 10.8 Å². The Kier molecular flexibility index (Phi) is 3.52. The van der Waals surface area contributed by atoms with Gasteiger partial charge < -0.3 is 16.2 Å². The molecule has 98 valence electrons. The third kappa shape index (κ3) is 3.19. The lowest BCUT2D eigenvalue weighted by Crippen LogP contribution is -2.59. The number of carboxylic acids is 1. The van der Waals surface area contributed by atoms with E-state index in [1.807, 2.05) is 0 Å². The number of nitrogens with two attached hydrogens (primary N) is 1. The summed E-state index contributed by atoms with van der Waals surface area (Å²) in [5.41, 5.74) is 4.45. The molecule has 17 heavy (non-hydrogen) atoms. The Morgan fingerprint density at radius 1 is 1.29 bits per heavy atom. The molecule has 0 bridgehead atoms. The SMILES string of the molecule is CC(N)(C(=O)N[C@@H](C(=O)O)C(C)(C)C)C1CC1. The maximum Gasteiger partial charge on any atom is 0.326 e. The Bertz CT molecular complexity index is 327. The van der Waals surface area contributed by atoms with Crippen molar-refractivity contribution in [3.63, 3.8) is 0 Å². The molecule has 0 radical (unpaired) electrons. The quantitative estimate of drug-likeness (QED) is 0.677. The van der Waals surface area contributed by atoms with Crippen molar-refractivity contribution in [2.45, 2.75) is 52.1 Å². The maximum atomic E-state index is 12.0. The number of aliphatic carboxylic acids is 1. The molecule has 1 aliphatic carbocycles. The summed E-state index contributed by atoms with van der Waals surface area (Å²) in [4.78, 5) is 23.1. The van der Waals surface area contributed by atoms with Crippen molar-refractivity contribution in [3.8, 4) is 0 Å². The minimum atomic E-state index is -1.03. The summed E-state index contributed by atoms with van der Waals surface area (Å²) in [6.45, 7) is 6.99.